The van der Waals surface area contributed by atoms with Gasteiger partial charge in [-0.3, -0.25) is 9.59 Å². The molecule has 1 N–H and O–H groups in total. The van der Waals surface area contributed by atoms with Gasteiger partial charge in [-0.05, 0) is 46.9 Å². The summed E-state index contributed by atoms with van der Waals surface area (Å²) < 4.78 is 0.943. The van der Waals surface area contributed by atoms with E-state index in [2.05, 4.69) is 22.6 Å². The normalized spacial score (nSPS) is 10.2. The third-order valence-electron chi connectivity index (χ3n) is 2.67. The van der Waals surface area contributed by atoms with Crippen LogP contribution in [0.25, 0.3) is 0 Å². The molecule has 0 saturated carbocycles. The maximum absolute atomic E-state index is 12.0. The number of ketones is 2. The van der Waals surface area contributed by atoms with Crippen LogP contribution in [-0.2, 0) is 0 Å². The number of halogens is 1. The number of hydrogen-bond donors (Lipinski definition) is 1. The van der Waals surface area contributed by atoms with Crippen molar-refractivity contribution in [3.05, 3.63) is 63.2 Å². The predicted octanol–water partition coefficient (Wildman–Crippen LogP) is 3.45. The van der Waals surface area contributed by atoms with Crippen molar-refractivity contribution in [2.75, 3.05) is 0 Å². The summed E-state index contributed by atoms with van der Waals surface area (Å²) in [5.41, 5.74) is 0.692. The molecule has 0 saturated heterocycles. The van der Waals surface area contributed by atoms with Crippen molar-refractivity contribution in [3.63, 3.8) is 0 Å². The summed E-state index contributed by atoms with van der Waals surface area (Å²) in [5.74, 6) is -0.711. The van der Waals surface area contributed by atoms with Crippen molar-refractivity contribution in [1.82, 2.24) is 0 Å². The van der Waals surface area contributed by atoms with Gasteiger partial charge < -0.3 is 5.11 Å². The van der Waals surface area contributed by atoms with Crippen molar-refractivity contribution < 1.29 is 14.7 Å². The molecule has 2 aromatic carbocycles. The molecule has 0 unspecified atom stereocenters. The van der Waals surface area contributed by atoms with E-state index >= 15 is 0 Å². The monoisotopic (exact) mass is 366 g/mol. The molecule has 0 radical (unpaired) electrons. The molecule has 0 aliphatic rings. The highest BCUT2D eigenvalue weighted by Gasteiger charge is 2.16. The quantitative estimate of drug-likeness (QED) is 0.512. The second-order valence-corrected chi connectivity index (χ2v) is 5.30. The van der Waals surface area contributed by atoms with E-state index in [4.69, 9.17) is 0 Å². The van der Waals surface area contributed by atoms with Crippen molar-refractivity contribution in [3.8, 4) is 5.75 Å². The lowest BCUT2D eigenvalue weighted by Crippen LogP contribution is -2.09. The van der Waals surface area contributed by atoms with Crippen LogP contribution in [0.15, 0.2) is 48.5 Å². The molecule has 2 aromatic rings. The van der Waals surface area contributed by atoms with Gasteiger partial charge in [-0.25, -0.2) is 0 Å². The Bertz CT molecular complexity index is 635. The van der Waals surface area contributed by atoms with Gasteiger partial charge in [0.2, 0.25) is 0 Å². The molecule has 2 rings (SSSR count). The fourth-order valence-corrected chi connectivity index (χ4v) is 2.26. The summed E-state index contributed by atoms with van der Waals surface area (Å²) >= 11 is 2.11. The summed E-state index contributed by atoms with van der Waals surface area (Å²) in [7, 11) is 0. The molecule has 0 fully saturated rings. The average molecular weight is 366 g/mol. The first kappa shape index (κ1) is 13.7. The second kappa shape index (κ2) is 5.97. The number of hydrogen-bond acceptors (Lipinski definition) is 3. The van der Waals surface area contributed by atoms with Crippen LogP contribution in [0, 0.1) is 3.57 Å². The lowest BCUT2D eigenvalue weighted by Gasteiger charge is -2.03. The SMILES string of the molecule is O=C(CC(=O)c1ccccc1O)c1cccc(I)c1. The number of phenolic OH excluding ortho intramolecular Hbond substituents is 1. The molecule has 0 aromatic heterocycles. The molecule has 0 aliphatic heterocycles. The van der Waals surface area contributed by atoms with E-state index in [0.29, 0.717) is 5.56 Å². The van der Waals surface area contributed by atoms with Crippen LogP contribution in [0.5, 0.6) is 5.75 Å². The van der Waals surface area contributed by atoms with Gasteiger partial charge in [0.1, 0.15) is 5.75 Å². The molecule has 96 valence electrons. The van der Waals surface area contributed by atoms with E-state index in [0.717, 1.165) is 3.57 Å². The molecule has 0 spiro atoms. The number of benzene rings is 2. The summed E-state index contributed by atoms with van der Waals surface area (Å²) in [6.07, 6.45) is -0.238. The van der Waals surface area contributed by atoms with E-state index in [-0.39, 0.29) is 29.3 Å². The van der Waals surface area contributed by atoms with E-state index < -0.39 is 0 Å². The Morgan fingerprint density at radius 2 is 1.74 bits per heavy atom. The Morgan fingerprint density at radius 1 is 1.00 bits per heavy atom. The van der Waals surface area contributed by atoms with Gasteiger partial charge in [-0.2, -0.15) is 0 Å². The zero-order chi connectivity index (χ0) is 13.8. The Hall–Kier alpha value is -1.69. The van der Waals surface area contributed by atoms with Crippen molar-refractivity contribution >= 4 is 34.2 Å². The number of phenols is 1. The summed E-state index contributed by atoms with van der Waals surface area (Å²) in [6, 6.07) is 13.3. The van der Waals surface area contributed by atoms with Gasteiger partial charge in [0.25, 0.3) is 0 Å². The van der Waals surface area contributed by atoms with Gasteiger partial charge in [-0.15, -0.1) is 0 Å². The zero-order valence-electron chi connectivity index (χ0n) is 9.97. The first-order chi connectivity index (χ1) is 9.08. The fourth-order valence-electron chi connectivity index (χ4n) is 1.71. The topological polar surface area (TPSA) is 54.4 Å². The highest BCUT2D eigenvalue weighted by Crippen LogP contribution is 2.19. The largest absolute Gasteiger partial charge is 0.507 e. The molecule has 4 heteroatoms. The molecule has 19 heavy (non-hydrogen) atoms. The van der Waals surface area contributed by atoms with Gasteiger partial charge in [-0.1, -0.05) is 24.3 Å². The molecule has 0 aliphatic carbocycles. The van der Waals surface area contributed by atoms with E-state index in [1.54, 1.807) is 30.3 Å². The average Bonchev–Trinajstić information content (AvgIpc) is 2.39. The fraction of sp³-hybridized carbons (Fsp3) is 0.0667. The standard InChI is InChI=1S/C15H11IO3/c16-11-5-3-4-10(8-11)14(18)9-15(19)12-6-1-2-7-13(12)17/h1-8,17H,9H2. The maximum Gasteiger partial charge on any atom is 0.174 e. The van der Waals surface area contributed by atoms with E-state index in [1.807, 2.05) is 6.07 Å². The molecular weight excluding hydrogens is 355 g/mol. The summed E-state index contributed by atoms with van der Waals surface area (Å²) in [4.78, 5) is 23.9. The number of Topliss-reactive ketones (excluding diaryl/α,β-unsaturated/α-hetero) is 2. The first-order valence-electron chi connectivity index (χ1n) is 5.68. The number of aromatic hydroxyl groups is 1. The van der Waals surface area contributed by atoms with Crippen LogP contribution in [0.2, 0.25) is 0 Å². The lowest BCUT2D eigenvalue weighted by atomic mass is 10.0. The summed E-state index contributed by atoms with van der Waals surface area (Å²) in [5, 5.41) is 9.58. The van der Waals surface area contributed by atoms with Crippen LogP contribution in [0.4, 0.5) is 0 Å². The van der Waals surface area contributed by atoms with E-state index in [1.165, 1.54) is 12.1 Å². The lowest BCUT2D eigenvalue weighted by molar-refractivity contribution is 0.0893. The highest BCUT2D eigenvalue weighted by atomic mass is 127. The number of carbonyl (C=O) groups is 2. The Labute approximate surface area is 124 Å². The predicted molar refractivity (Wildman–Crippen MR) is 80.5 cm³/mol. The molecule has 0 heterocycles. The van der Waals surface area contributed by atoms with Crippen molar-refractivity contribution in [1.29, 1.82) is 0 Å². The van der Waals surface area contributed by atoms with Crippen LogP contribution >= 0.6 is 22.6 Å². The van der Waals surface area contributed by atoms with Crippen molar-refractivity contribution in [2.45, 2.75) is 6.42 Å². The third-order valence-corrected chi connectivity index (χ3v) is 3.34. The van der Waals surface area contributed by atoms with Crippen LogP contribution < -0.4 is 0 Å². The van der Waals surface area contributed by atoms with Crippen LogP contribution in [-0.4, -0.2) is 16.7 Å². The third kappa shape index (κ3) is 3.41. The summed E-state index contributed by atoms with van der Waals surface area (Å²) in [6.45, 7) is 0. The van der Waals surface area contributed by atoms with Gasteiger partial charge in [0.15, 0.2) is 11.6 Å². The molecule has 0 atom stereocenters. The minimum Gasteiger partial charge on any atom is -0.507 e. The molecule has 3 nitrogen and oxygen atoms in total. The highest BCUT2D eigenvalue weighted by molar-refractivity contribution is 14.1. The van der Waals surface area contributed by atoms with Crippen LogP contribution in [0.3, 0.4) is 0 Å². The zero-order valence-corrected chi connectivity index (χ0v) is 12.1. The van der Waals surface area contributed by atoms with Crippen molar-refractivity contribution in [2.24, 2.45) is 0 Å². The maximum atomic E-state index is 12.0. The Balaban J connectivity index is 2.16. The number of carbonyl (C=O) groups excluding carboxylic acids is 2. The molecular formula is C15H11IO3. The van der Waals surface area contributed by atoms with E-state index in [9.17, 15) is 14.7 Å². The smallest absolute Gasteiger partial charge is 0.174 e. The minimum absolute atomic E-state index is 0.0945. The Morgan fingerprint density at radius 3 is 2.42 bits per heavy atom. The molecule has 0 amide bonds. The van der Waals surface area contributed by atoms with Gasteiger partial charge >= 0.3 is 0 Å². The number of rotatable bonds is 4. The molecule has 0 bridgehead atoms. The van der Waals surface area contributed by atoms with Crippen LogP contribution in [0.1, 0.15) is 27.1 Å². The second-order valence-electron chi connectivity index (χ2n) is 4.05. The Kier molecular flexibility index (Phi) is 4.31. The first-order valence-corrected chi connectivity index (χ1v) is 6.76. The van der Waals surface area contributed by atoms with Gasteiger partial charge in [0.05, 0.1) is 12.0 Å². The number of para-hydroxylation sites is 1. The minimum atomic E-state index is -0.373. The van der Waals surface area contributed by atoms with Gasteiger partial charge in [0, 0.05) is 9.13 Å².